The number of amides is 2. The van der Waals surface area contributed by atoms with E-state index in [4.69, 9.17) is 9.47 Å². The first-order valence-corrected chi connectivity index (χ1v) is 11.0. The van der Waals surface area contributed by atoms with E-state index in [9.17, 15) is 18.0 Å². The van der Waals surface area contributed by atoms with Crippen LogP contribution < -0.4 is 0 Å². The van der Waals surface area contributed by atoms with E-state index in [2.05, 4.69) is 4.40 Å². The fourth-order valence-electron chi connectivity index (χ4n) is 3.78. The van der Waals surface area contributed by atoms with Crippen LogP contribution in [0.2, 0.25) is 0 Å². The van der Waals surface area contributed by atoms with Crippen LogP contribution in [0.5, 0.6) is 0 Å². The fourth-order valence-corrected chi connectivity index (χ4v) is 4.36. The molecule has 0 spiro atoms. The fraction of sp³-hybridized carbons (Fsp3) is 0.706. The van der Waals surface area contributed by atoms with Gasteiger partial charge in [-0.15, -0.1) is 0 Å². The summed E-state index contributed by atoms with van der Waals surface area (Å²) in [5.74, 6) is -0.431. The molecular weight excluding hydrogens is 374 g/mol. The average molecular weight is 399 g/mol. The minimum Gasteiger partial charge on any atom is -0.496 e. The molecule has 10 heteroatoms. The number of hydrogen-bond donors (Lipinski definition) is 0. The Morgan fingerprint density at radius 3 is 2.56 bits per heavy atom. The van der Waals surface area contributed by atoms with Crippen molar-refractivity contribution in [3.8, 4) is 0 Å². The van der Waals surface area contributed by atoms with Gasteiger partial charge in [0.25, 0.3) is 15.9 Å². The summed E-state index contributed by atoms with van der Waals surface area (Å²) < 4.78 is 38.0. The Balaban J connectivity index is 1.90. The summed E-state index contributed by atoms with van der Waals surface area (Å²) >= 11 is 0. The highest BCUT2D eigenvalue weighted by Crippen LogP contribution is 2.28. The highest BCUT2D eigenvalue weighted by molar-refractivity contribution is 7.89. The number of sulfonamides is 1. The molecule has 4 rings (SSSR count). The van der Waals surface area contributed by atoms with E-state index in [1.54, 1.807) is 4.90 Å². The van der Waals surface area contributed by atoms with E-state index in [0.717, 1.165) is 31.9 Å². The molecule has 0 N–H and O–H groups in total. The van der Waals surface area contributed by atoms with Gasteiger partial charge in [0.15, 0.2) is 6.61 Å². The SMILES string of the molecule is CCN1C(=O)OCC(=O)N2CCC(=N\S(C)(=O)=O)/C2=C/OC2CCC1CC2. The normalized spacial score (nSPS) is 30.6. The van der Waals surface area contributed by atoms with Crippen LogP contribution in [-0.2, 0) is 24.3 Å². The van der Waals surface area contributed by atoms with E-state index >= 15 is 0 Å². The van der Waals surface area contributed by atoms with Crippen molar-refractivity contribution in [3.05, 3.63) is 12.0 Å². The first-order valence-electron chi connectivity index (χ1n) is 9.17. The predicted molar refractivity (Wildman–Crippen MR) is 97.5 cm³/mol. The largest absolute Gasteiger partial charge is 0.496 e. The lowest BCUT2D eigenvalue weighted by atomic mass is 9.92. The topological polar surface area (TPSA) is 106 Å². The van der Waals surface area contributed by atoms with Gasteiger partial charge >= 0.3 is 6.09 Å². The Bertz CT molecular complexity index is 768. The molecule has 2 fully saturated rings. The molecule has 3 aliphatic heterocycles. The van der Waals surface area contributed by atoms with Crippen LogP contribution in [0.4, 0.5) is 4.79 Å². The highest BCUT2D eigenvalue weighted by Gasteiger charge is 2.34. The summed E-state index contributed by atoms with van der Waals surface area (Å²) in [6.45, 7) is 2.26. The van der Waals surface area contributed by atoms with Crippen molar-refractivity contribution in [1.82, 2.24) is 9.80 Å². The second kappa shape index (κ2) is 7.87. The minimum absolute atomic E-state index is 0.0405. The van der Waals surface area contributed by atoms with Gasteiger partial charge in [0.2, 0.25) is 0 Å². The van der Waals surface area contributed by atoms with Gasteiger partial charge in [0.05, 0.1) is 18.1 Å². The van der Waals surface area contributed by atoms with Crippen molar-refractivity contribution < 1.29 is 27.5 Å². The number of nitrogens with zero attached hydrogens (tertiary/aromatic N) is 3. The van der Waals surface area contributed by atoms with Crippen molar-refractivity contribution in [2.45, 2.75) is 51.2 Å². The third-order valence-corrected chi connectivity index (χ3v) is 5.64. The molecule has 2 amide bonds. The number of allylic oxidation sites excluding steroid dienone is 1. The summed E-state index contributed by atoms with van der Waals surface area (Å²) in [7, 11) is -3.60. The predicted octanol–water partition coefficient (Wildman–Crippen LogP) is 1.26. The molecule has 27 heavy (non-hydrogen) atoms. The number of ether oxygens (including phenoxy) is 2. The van der Waals surface area contributed by atoms with Crippen molar-refractivity contribution in [2.75, 3.05) is 26.0 Å². The van der Waals surface area contributed by atoms with Gasteiger partial charge in [-0.1, -0.05) is 0 Å². The van der Waals surface area contributed by atoms with Crippen molar-refractivity contribution in [1.29, 1.82) is 0 Å². The average Bonchev–Trinajstić information content (AvgIpc) is 3.00. The Hall–Kier alpha value is -2.10. The van der Waals surface area contributed by atoms with Gasteiger partial charge in [-0.05, 0) is 32.6 Å². The van der Waals surface area contributed by atoms with E-state index in [1.165, 1.54) is 11.2 Å². The van der Waals surface area contributed by atoms with Crippen molar-refractivity contribution >= 4 is 27.7 Å². The summed E-state index contributed by atoms with van der Waals surface area (Å²) in [5, 5.41) is 0. The Kier molecular flexibility index (Phi) is 5.73. The molecular formula is C17H25N3O6S. The van der Waals surface area contributed by atoms with Crippen molar-refractivity contribution in [2.24, 2.45) is 4.40 Å². The number of rotatable bonds is 2. The summed E-state index contributed by atoms with van der Waals surface area (Å²) in [6, 6.07) is 0.0769. The van der Waals surface area contributed by atoms with Gasteiger partial charge in [-0.3, -0.25) is 4.79 Å². The van der Waals surface area contributed by atoms with E-state index in [1.807, 2.05) is 6.92 Å². The van der Waals surface area contributed by atoms with Gasteiger partial charge in [-0.2, -0.15) is 4.40 Å². The first kappa shape index (κ1) is 19.7. The molecule has 1 saturated carbocycles. The lowest BCUT2D eigenvalue weighted by Gasteiger charge is -2.35. The Labute approximate surface area is 159 Å². The monoisotopic (exact) mass is 399 g/mol. The van der Waals surface area contributed by atoms with Crippen LogP contribution in [0.15, 0.2) is 16.4 Å². The molecule has 0 unspecified atom stereocenters. The zero-order chi connectivity index (χ0) is 19.6. The maximum absolute atomic E-state index is 12.6. The molecule has 1 aliphatic carbocycles. The zero-order valence-electron chi connectivity index (χ0n) is 15.6. The van der Waals surface area contributed by atoms with E-state index < -0.39 is 28.6 Å². The molecule has 1 saturated heterocycles. The second-order valence-corrected chi connectivity index (χ2v) is 8.63. The maximum atomic E-state index is 12.6. The van der Waals surface area contributed by atoms with Gasteiger partial charge in [-0.25, -0.2) is 13.2 Å². The second-order valence-electron chi connectivity index (χ2n) is 6.98. The molecule has 4 aliphatic rings. The minimum atomic E-state index is -3.60. The van der Waals surface area contributed by atoms with E-state index in [-0.39, 0.29) is 24.4 Å². The lowest BCUT2D eigenvalue weighted by Crippen LogP contribution is -2.44. The van der Waals surface area contributed by atoms with Crippen LogP contribution >= 0.6 is 0 Å². The number of carbonyl (C=O) groups excluding carboxylic acids is 2. The maximum Gasteiger partial charge on any atom is 0.410 e. The molecule has 0 aromatic rings. The Morgan fingerprint density at radius 1 is 1.22 bits per heavy atom. The summed E-state index contributed by atoms with van der Waals surface area (Å²) in [5.41, 5.74) is 0.617. The highest BCUT2D eigenvalue weighted by atomic mass is 32.2. The van der Waals surface area contributed by atoms with Crippen LogP contribution in [0, 0.1) is 0 Å². The molecule has 0 radical (unpaired) electrons. The molecule has 0 aromatic carbocycles. The third kappa shape index (κ3) is 4.60. The van der Waals surface area contributed by atoms with Gasteiger partial charge < -0.3 is 19.3 Å². The van der Waals surface area contributed by atoms with Crippen LogP contribution in [0.1, 0.15) is 39.0 Å². The standard InChI is InChI=1S/C17H25N3O6S/c1-3-19-12-4-6-13(7-5-12)25-10-15-14(18-27(2,23)24)8-9-20(15)16(21)11-26-17(19)22/h10,12-13H,3-9,11H2,1-2H3/b15-10-,18-14+. The number of carbonyl (C=O) groups is 2. The first-order chi connectivity index (χ1) is 12.8. The van der Waals surface area contributed by atoms with Gasteiger partial charge in [0.1, 0.15) is 12.0 Å². The van der Waals surface area contributed by atoms with Crippen LogP contribution in [0.3, 0.4) is 0 Å². The number of hydrogen-bond acceptors (Lipinski definition) is 6. The molecule has 0 aromatic heterocycles. The Morgan fingerprint density at radius 2 is 1.93 bits per heavy atom. The van der Waals surface area contributed by atoms with Crippen LogP contribution in [-0.4, -0.2) is 74.0 Å². The van der Waals surface area contributed by atoms with E-state index in [0.29, 0.717) is 18.7 Å². The molecule has 150 valence electrons. The smallest absolute Gasteiger partial charge is 0.410 e. The summed E-state index contributed by atoms with van der Waals surface area (Å²) in [4.78, 5) is 28.0. The van der Waals surface area contributed by atoms with Crippen molar-refractivity contribution in [3.63, 3.8) is 0 Å². The lowest BCUT2D eigenvalue weighted by molar-refractivity contribution is -0.132. The molecule has 0 atom stereocenters. The molecule has 9 nitrogen and oxygen atoms in total. The van der Waals surface area contributed by atoms with Crippen LogP contribution in [0.25, 0.3) is 0 Å². The van der Waals surface area contributed by atoms with Gasteiger partial charge in [0, 0.05) is 25.6 Å². The summed E-state index contributed by atoms with van der Waals surface area (Å²) in [6.07, 6.45) is 5.33. The molecule has 2 bridgehead atoms. The quantitative estimate of drug-likeness (QED) is 0.692. The molecule has 3 heterocycles. The zero-order valence-corrected chi connectivity index (χ0v) is 16.4. The third-order valence-electron chi connectivity index (χ3n) is 5.09. The number of fused-ring (bicyclic) bond motifs is 7.